The zero-order valence-electron chi connectivity index (χ0n) is 14.7. The van der Waals surface area contributed by atoms with Gasteiger partial charge < -0.3 is 5.32 Å². The Morgan fingerprint density at radius 3 is 2.85 bits per heavy atom. The fourth-order valence-electron chi connectivity index (χ4n) is 2.51. The van der Waals surface area contributed by atoms with Crippen LogP contribution in [0.15, 0.2) is 53.0 Å². The van der Waals surface area contributed by atoms with E-state index in [1.54, 1.807) is 28.6 Å². The lowest BCUT2D eigenvalue weighted by molar-refractivity contribution is 0.0950. The van der Waals surface area contributed by atoms with Crippen LogP contribution in [0.4, 0.5) is 4.39 Å². The Kier molecular flexibility index (Phi) is 6.63. The number of carbonyl (C=O) groups excluding carboxylic acids is 1. The molecule has 0 aliphatic rings. The van der Waals surface area contributed by atoms with Gasteiger partial charge in [-0.05, 0) is 36.8 Å². The van der Waals surface area contributed by atoms with Gasteiger partial charge in [0, 0.05) is 22.5 Å². The van der Waals surface area contributed by atoms with Gasteiger partial charge in [0.15, 0.2) is 5.69 Å². The number of carbonyl (C=O) groups is 1. The van der Waals surface area contributed by atoms with E-state index >= 15 is 0 Å². The van der Waals surface area contributed by atoms with Crippen LogP contribution in [0.2, 0.25) is 0 Å². The van der Waals surface area contributed by atoms with E-state index in [4.69, 9.17) is 0 Å². The molecular formula is C19H18BrFN4OS. The maximum atomic E-state index is 13.6. The van der Waals surface area contributed by atoms with Crippen molar-refractivity contribution in [3.05, 3.63) is 75.8 Å². The molecule has 1 aromatic heterocycles. The lowest BCUT2D eigenvalue weighted by atomic mass is 10.2. The number of nitrogens with zero attached hydrogens (tertiary/aromatic N) is 3. The molecule has 8 heteroatoms. The van der Waals surface area contributed by atoms with Crippen molar-refractivity contribution in [1.29, 1.82) is 0 Å². The van der Waals surface area contributed by atoms with E-state index in [-0.39, 0.29) is 11.7 Å². The van der Waals surface area contributed by atoms with E-state index in [0.29, 0.717) is 35.0 Å². The third-order valence-corrected chi connectivity index (χ3v) is 5.41. The van der Waals surface area contributed by atoms with Gasteiger partial charge in [-0.2, -0.15) is 11.8 Å². The molecule has 0 fully saturated rings. The van der Waals surface area contributed by atoms with Crippen molar-refractivity contribution in [3.63, 3.8) is 0 Å². The molecule has 5 nitrogen and oxygen atoms in total. The van der Waals surface area contributed by atoms with Crippen LogP contribution in [0.5, 0.6) is 0 Å². The Morgan fingerprint density at radius 2 is 2.07 bits per heavy atom. The molecule has 3 rings (SSSR count). The van der Waals surface area contributed by atoms with E-state index in [1.165, 1.54) is 6.07 Å². The quantitative estimate of drug-likeness (QED) is 0.551. The maximum Gasteiger partial charge on any atom is 0.273 e. The predicted molar refractivity (Wildman–Crippen MR) is 109 cm³/mol. The molecule has 2 aromatic carbocycles. The summed E-state index contributed by atoms with van der Waals surface area (Å²) in [6.45, 7) is 2.28. The molecule has 3 aromatic rings. The number of amides is 1. The summed E-state index contributed by atoms with van der Waals surface area (Å²) in [5, 5.41) is 10.9. The number of benzene rings is 2. The van der Waals surface area contributed by atoms with Crippen LogP contribution >= 0.6 is 27.7 Å². The Bertz CT molecular complexity index is 947. The molecule has 140 valence electrons. The number of halogens is 2. The second kappa shape index (κ2) is 9.14. The minimum atomic E-state index is -0.264. The number of aromatic nitrogens is 3. The molecule has 0 saturated carbocycles. The molecule has 0 radical (unpaired) electrons. The highest BCUT2D eigenvalue weighted by molar-refractivity contribution is 9.10. The largest absolute Gasteiger partial charge is 0.350 e. The Labute approximate surface area is 169 Å². The van der Waals surface area contributed by atoms with E-state index < -0.39 is 0 Å². The third-order valence-electron chi connectivity index (χ3n) is 3.91. The molecule has 1 N–H and O–H groups in total. The highest BCUT2D eigenvalue weighted by Crippen LogP contribution is 2.17. The van der Waals surface area contributed by atoms with E-state index in [2.05, 4.69) is 31.6 Å². The van der Waals surface area contributed by atoms with Gasteiger partial charge in [0.05, 0.1) is 11.4 Å². The summed E-state index contributed by atoms with van der Waals surface area (Å²) >= 11 is 4.99. The fraction of sp³-hybridized carbons (Fsp3) is 0.211. The highest BCUT2D eigenvalue weighted by atomic mass is 79.9. The van der Waals surface area contributed by atoms with Crippen LogP contribution in [-0.2, 0) is 5.75 Å². The number of hydrogen-bond acceptors (Lipinski definition) is 4. The van der Waals surface area contributed by atoms with Gasteiger partial charge in [-0.3, -0.25) is 4.79 Å². The van der Waals surface area contributed by atoms with Crippen LogP contribution < -0.4 is 5.32 Å². The lowest BCUT2D eigenvalue weighted by Gasteiger charge is -2.06. The van der Waals surface area contributed by atoms with Crippen molar-refractivity contribution >= 4 is 33.6 Å². The van der Waals surface area contributed by atoms with Crippen LogP contribution in [0, 0.1) is 12.7 Å². The molecule has 0 atom stereocenters. The number of thioether (sulfide) groups is 1. The molecule has 0 saturated heterocycles. The van der Waals surface area contributed by atoms with E-state index in [9.17, 15) is 9.18 Å². The number of rotatable bonds is 7. The Hall–Kier alpha value is -2.19. The van der Waals surface area contributed by atoms with Crippen molar-refractivity contribution in [2.75, 3.05) is 12.3 Å². The maximum absolute atomic E-state index is 13.6. The third kappa shape index (κ3) is 4.95. The fourth-order valence-corrected chi connectivity index (χ4v) is 3.74. The van der Waals surface area contributed by atoms with Gasteiger partial charge in [-0.15, -0.1) is 5.10 Å². The molecule has 0 bridgehead atoms. The molecule has 0 unspecified atom stereocenters. The average molecular weight is 449 g/mol. The van der Waals surface area contributed by atoms with Gasteiger partial charge in [-0.25, -0.2) is 9.07 Å². The molecule has 1 amide bonds. The predicted octanol–water partition coefficient (Wildman–Crippen LogP) is 4.14. The molecule has 0 spiro atoms. The Morgan fingerprint density at radius 1 is 1.26 bits per heavy atom. The first-order chi connectivity index (χ1) is 13.1. The van der Waals surface area contributed by atoms with Gasteiger partial charge in [0.2, 0.25) is 0 Å². The van der Waals surface area contributed by atoms with Crippen LogP contribution in [0.3, 0.4) is 0 Å². The monoisotopic (exact) mass is 448 g/mol. The zero-order chi connectivity index (χ0) is 19.2. The standard InChI is InChI=1S/C19H18BrFN4OS/c1-13-18(23-24-25(13)16-7-4-6-15(20)11-16)19(26)22-9-10-27-12-14-5-2-3-8-17(14)21/h2-8,11H,9-10,12H2,1H3,(H,22,26). The minimum absolute atomic E-state index is 0.200. The minimum Gasteiger partial charge on any atom is -0.350 e. The van der Waals surface area contributed by atoms with Gasteiger partial charge in [-0.1, -0.05) is 45.4 Å². The van der Waals surface area contributed by atoms with Crippen LogP contribution in [0.25, 0.3) is 5.69 Å². The average Bonchev–Trinajstić information content (AvgIpc) is 3.04. The normalized spacial score (nSPS) is 10.8. The first-order valence-electron chi connectivity index (χ1n) is 8.34. The van der Waals surface area contributed by atoms with Gasteiger partial charge in [0.25, 0.3) is 5.91 Å². The molecular weight excluding hydrogens is 431 g/mol. The summed E-state index contributed by atoms with van der Waals surface area (Å²) < 4.78 is 16.1. The second-order valence-corrected chi connectivity index (χ2v) is 7.84. The Balaban J connectivity index is 1.52. The van der Waals surface area contributed by atoms with Crippen LogP contribution in [0.1, 0.15) is 21.7 Å². The summed E-state index contributed by atoms with van der Waals surface area (Å²) in [5.41, 5.74) is 2.47. The lowest BCUT2D eigenvalue weighted by Crippen LogP contribution is -2.26. The second-order valence-electron chi connectivity index (χ2n) is 5.82. The molecule has 0 aliphatic carbocycles. The van der Waals surface area contributed by atoms with Crippen molar-refractivity contribution in [2.45, 2.75) is 12.7 Å². The van der Waals surface area contributed by atoms with Gasteiger partial charge in [0.1, 0.15) is 5.82 Å². The summed E-state index contributed by atoms with van der Waals surface area (Å²) in [5.74, 6) is 0.786. The molecule has 0 aliphatic heterocycles. The SMILES string of the molecule is Cc1c(C(=O)NCCSCc2ccccc2F)nnn1-c1cccc(Br)c1. The van der Waals surface area contributed by atoms with E-state index in [0.717, 1.165) is 10.2 Å². The van der Waals surface area contributed by atoms with Crippen molar-refractivity contribution in [3.8, 4) is 5.69 Å². The highest BCUT2D eigenvalue weighted by Gasteiger charge is 2.17. The topological polar surface area (TPSA) is 59.8 Å². The number of hydrogen-bond donors (Lipinski definition) is 1. The summed E-state index contributed by atoms with van der Waals surface area (Å²) in [7, 11) is 0. The van der Waals surface area contributed by atoms with Crippen molar-refractivity contribution < 1.29 is 9.18 Å². The first kappa shape index (κ1) is 19.6. The number of nitrogens with one attached hydrogen (secondary N) is 1. The van der Waals surface area contributed by atoms with Crippen molar-refractivity contribution in [2.24, 2.45) is 0 Å². The zero-order valence-corrected chi connectivity index (χ0v) is 17.1. The first-order valence-corrected chi connectivity index (χ1v) is 10.3. The summed E-state index contributed by atoms with van der Waals surface area (Å²) in [6, 6.07) is 14.3. The van der Waals surface area contributed by atoms with E-state index in [1.807, 2.05) is 37.3 Å². The molecule has 27 heavy (non-hydrogen) atoms. The summed E-state index contributed by atoms with van der Waals surface area (Å²) in [4.78, 5) is 12.4. The smallest absolute Gasteiger partial charge is 0.273 e. The molecule has 1 heterocycles. The van der Waals surface area contributed by atoms with Crippen molar-refractivity contribution in [1.82, 2.24) is 20.3 Å². The van der Waals surface area contributed by atoms with Gasteiger partial charge >= 0.3 is 0 Å². The summed E-state index contributed by atoms with van der Waals surface area (Å²) in [6.07, 6.45) is 0. The van der Waals surface area contributed by atoms with Crippen LogP contribution in [-0.4, -0.2) is 33.2 Å².